The molecular formula is C21H22BrN3O4. The van der Waals surface area contributed by atoms with Gasteiger partial charge in [0, 0.05) is 17.2 Å². The molecule has 0 bridgehead atoms. The maximum absolute atomic E-state index is 12.1. The largest absolute Gasteiger partial charge is 0.483 e. The van der Waals surface area contributed by atoms with Crippen LogP contribution in [-0.2, 0) is 16.0 Å². The summed E-state index contributed by atoms with van der Waals surface area (Å²) in [6.07, 6.45) is 2.76. The van der Waals surface area contributed by atoms with Crippen LogP contribution < -0.4 is 20.9 Å². The number of carbonyl (C=O) groups is 3. The molecule has 0 atom stereocenters. The Morgan fingerprint density at radius 1 is 1.07 bits per heavy atom. The van der Waals surface area contributed by atoms with E-state index in [1.54, 1.807) is 30.3 Å². The molecule has 1 aliphatic rings. The highest BCUT2D eigenvalue weighted by Crippen LogP contribution is 2.30. The van der Waals surface area contributed by atoms with Crippen molar-refractivity contribution in [2.75, 3.05) is 11.9 Å². The van der Waals surface area contributed by atoms with Crippen LogP contribution in [0, 0.1) is 5.92 Å². The summed E-state index contributed by atoms with van der Waals surface area (Å²) >= 11 is 3.41. The van der Waals surface area contributed by atoms with E-state index in [1.165, 1.54) is 0 Å². The summed E-state index contributed by atoms with van der Waals surface area (Å²) in [5.74, 6) is -0.288. The van der Waals surface area contributed by atoms with Gasteiger partial charge in [0.15, 0.2) is 6.61 Å². The third-order valence-corrected chi connectivity index (χ3v) is 5.06. The van der Waals surface area contributed by atoms with Crippen molar-refractivity contribution in [1.82, 2.24) is 10.9 Å². The van der Waals surface area contributed by atoms with E-state index >= 15 is 0 Å². The Morgan fingerprint density at radius 2 is 1.79 bits per heavy atom. The predicted molar refractivity (Wildman–Crippen MR) is 112 cm³/mol. The first-order chi connectivity index (χ1) is 14.0. The van der Waals surface area contributed by atoms with Crippen LogP contribution in [0.3, 0.4) is 0 Å². The fourth-order valence-electron chi connectivity index (χ4n) is 2.55. The molecule has 1 saturated carbocycles. The van der Waals surface area contributed by atoms with Gasteiger partial charge >= 0.3 is 0 Å². The van der Waals surface area contributed by atoms with Crippen molar-refractivity contribution in [1.29, 1.82) is 0 Å². The number of hydrazine groups is 1. The monoisotopic (exact) mass is 459 g/mol. The quantitative estimate of drug-likeness (QED) is 0.553. The molecule has 29 heavy (non-hydrogen) atoms. The molecule has 3 amide bonds. The van der Waals surface area contributed by atoms with Crippen molar-refractivity contribution in [3.8, 4) is 5.75 Å². The first-order valence-corrected chi connectivity index (χ1v) is 10.2. The minimum atomic E-state index is -0.488. The second kappa shape index (κ2) is 9.56. The van der Waals surface area contributed by atoms with Crippen LogP contribution in [-0.4, -0.2) is 24.3 Å². The molecule has 0 heterocycles. The van der Waals surface area contributed by atoms with Crippen molar-refractivity contribution in [3.63, 3.8) is 0 Å². The average Bonchev–Trinajstić information content (AvgIpc) is 3.57. The van der Waals surface area contributed by atoms with Crippen molar-refractivity contribution < 1.29 is 19.1 Å². The predicted octanol–water partition coefficient (Wildman–Crippen LogP) is 3.20. The van der Waals surface area contributed by atoms with E-state index in [-0.39, 0.29) is 18.4 Å². The molecule has 0 saturated heterocycles. The van der Waals surface area contributed by atoms with Gasteiger partial charge in [0.1, 0.15) is 5.75 Å². The SMILES string of the molecule is CCc1ccc(OCC(=O)NNC(=O)c2ccc(NC(=O)C3CC3)cc2)c(Br)c1. The maximum Gasteiger partial charge on any atom is 0.276 e. The van der Waals surface area contributed by atoms with Crippen LogP contribution in [0.2, 0.25) is 0 Å². The van der Waals surface area contributed by atoms with Crippen LogP contribution in [0.15, 0.2) is 46.9 Å². The first-order valence-electron chi connectivity index (χ1n) is 9.37. The van der Waals surface area contributed by atoms with E-state index < -0.39 is 11.8 Å². The number of nitrogens with one attached hydrogen (secondary N) is 3. The Morgan fingerprint density at radius 3 is 2.41 bits per heavy atom. The second-order valence-corrected chi connectivity index (χ2v) is 7.60. The number of hydrogen-bond donors (Lipinski definition) is 3. The van der Waals surface area contributed by atoms with Crippen LogP contribution >= 0.6 is 15.9 Å². The molecule has 7 nitrogen and oxygen atoms in total. The number of benzene rings is 2. The van der Waals surface area contributed by atoms with Gasteiger partial charge in [0.05, 0.1) is 4.47 Å². The fraction of sp³-hybridized carbons (Fsp3) is 0.286. The van der Waals surface area contributed by atoms with Crippen LogP contribution in [0.25, 0.3) is 0 Å². The van der Waals surface area contributed by atoms with E-state index in [4.69, 9.17) is 4.74 Å². The highest BCUT2D eigenvalue weighted by molar-refractivity contribution is 9.10. The minimum Gasteiger partial charge on any atom is -0.483 e. The topological polar surface area (TPSA) is 96.5 Å². The van der Waals surface area contributed by atoms with Gasteiger partial charge in [-0.25, -0.2) is 0 Å². The summed E-state index contributed by atoms with van der Waals surface area (Å²) < 4.78 is 6.23. The van der Waals surface area contributed by atoms with E-state index in [0.29, 0.717) is 17.0 Å². The van der Waals surface area contributed by atoms with Gasteiger partial charge in [0.25, 0.3) is 11.8 Å². The lowest BCUT2D eigenvalue weighted by Crippen LogP contribution is -2.43. The molecule has 3 N–H and O–H groups in total. The molecular weight excluding hydrogens is 438 g/mol. The molecule has 0 unspecified atom stereocenters. The van der Waals surface area contributed by atoms with Crippen molar-refractivity contribution in [2.24, 2.45) is 5.92 Å². The molecule has 8 heteroatoms. The van der Waals surface area contributed by atoms with E-state index in [1.807, 2.05) is 12.1 Å². The lowest BCUT2D eigenvalue weighted by atomic mass is 10.2. The Balaban J connectivity index is 1.43. The lowest BCUT2D eigenvalue weighted by molar-refractivity contribution is -0.123. The molecule has 1 aliphatic carbocycles. The summed E-state index contributed by atoms with van der Waals surface area (Å²) in [6, 6.07) is 12.1. The molecule has 0 radical (unpaired) electrons. The van der Waals surface area contributed by atoms with Crippen molar-refractivity contribution in [2.45, 2.75) is 26.2 Å². The highest BCUT2D eigenvalue weighted by atomic mass is 79.9. The fourth-order valence-corrected chi connectivity index (χ4v) is 3.09. The zero-order valence-corrected chi connectivity index (χ0v) is 17.5. The van der Waals surface area contributed by atoms with Gasteiger partial charge in [0.2, 0.25) is 5.91 Å². The first kappa shape index (κ1) is 20.9. The van der Waals surface area contributed by atoms with Gasteiger partial charge in [-0.15, -0.1) is 0 Å². The summed E-state index contributed by atoms with van der Waals surface area (Å²) in [6.45, 7) is 1.81. The van der Waals surface area contributed by atoms with Gasteiger partial charge < -0.3 is 10.1 Å². The molecule has 3 rings (SSSR count). The number of carbonyl (C=O) groups excluding carboxylic acids is 3. The van der Waals surface area contributed by atoms with Crippen molar-refractivity contribution >= 4 is 39.3 Å². The number of hydrogen-bond acceptors (Lipinski definition) is 4. The summed E-state index contributed by atoms with van der Waals surface area (Å²) in [4.78, 5) is 35.8. The van der Waals surface area contributed by atoms with Gasteiger partial charge in [-0.1, -0.05) is 13.0 Å². The average molecular weight is 460 g/mol. The van der Waals surface area contributed by atoms with Crippen LogP contribution in [0.1, 0.15) is 35.7 Å². The number of aryl methyl sites for hydroxylation is 1. The number of anilines is 1. The third-order valence-electron chi connectivity index (χ3n) is 4.44. The van der Waals surface area contributed by atoms with Crippen LogP contribution in [0.5, 0.6) is 5.75 Å². The molecule has 0 spiro atoms. The Hall–Kier alpha value is -2.87. The van der Waals surface area contributed by atoms with E-state index in [2.05, 4.69) is 39.0 Å². The number of rotatable bonds is 7. The smallest absolute Gasteiger partial charge is 0.276 e. The minimum absolute atomic E-state index is 0.00503. The molecule has 0 aromatic heterocycles. The van der Waals surface area contributed by atoms with Gasteiger partial charge in [-0.2, -0.15) is 0 Å². The number of ether oxygens (including phenoxy) is 1. The lowest BCUT2D eigenvalue weighted by Gasteiger charge is -2.11. The number of halogens is 1. The van der Waals surface area contributed by atoms with Gasteiger partial charge in [-0.05, 0) is 77.2 Å². The summed E-state index contributed by atoms with van der Waals surface area (Å²) in [5, 5.41) is 2.80. The summed E-state index contributed by atoms with van der Waals surface area (Å²) in [5.41, 5.74) is 6.80. The van der Waals surface area contributed by atoms with Gasteiger partial charge in [-0.3, -0.25) is 25.2 Å². The Kier molecular flexibility index (Phi) is 6.87. The van der Waals surface area contributed by atoms with Crippen LogP contribution in [0.4, 0.5) is 5.69 Å². The molecule has 2 aromatic carbocycles. The second-order valence-electron chi connectivity index (χ2n) is 6.75. The molecule has 1 fully saturated rings. The zero-order valence-electron chi connectivity index (χ0n) is 16.0. The molecule has 2 aromatic rings. The Bertz CT molecular complexity index is 911. The summed E-state index contributed by atoms with van der Waals surface area (Å²) in [7, 11) is 0. The van der Waals surface area contributed by atoms with Crippen molar-refractivity contribution in [3.05, 3.63) is 58.1 Å². The number of amides is 3. The zero-order chi connectivity index (χ0) is 20.8. The standard InChI is InChI=1S/C21H22BrN3O4/c1-2-13-3-10-18(17(22)11-13)29-12-19(26)24-25-21(28)15-6-8-16(9-7-15)23-20(27)14-4-5-14/h3,6-11,14H,2,4-5,12H2,1H3,(H,23,27)(H,24,26)(H,25,28). The third kappa shape index (κ3) is 6.05. The Labute approximate surface area is 177 Å². The maximum atomic E-state index is 12.1. The highest BCUT2D eigenvalue weighted by Gasteiger charge is 2.29. The van der Waals surface area contributed by atoms with E-state index in [0.717, 1.165) is 29.3 Å². The molecule has 0 aliphatic heterocycles. The molecule has 152 valence electrons. The van der Waals surface area contributed by atoms with E-state index in [9.17, 15) is 14.4 Å². The normalized spacial score (nSPS) is 12.8.